The lowest BCUT2D eigenvalue weighted by Gasteiger charge is -2.15. The van der Waals surface area contributed by atoms with Gasteiger partial charge in [0.25, 0.3) is 0 Å². The van der Waals surface area contributed by atoms with E-state index in [-0.39, 0.29) is 22.9 Å². The molecule has 6 nitrogen and oxygen atoms in total. The lowest BCUT2D eigenvalue weighted by molar-refractivity contribution is 0.0696. The van der Waals surface area contributed by atoms with Crippen molar-refractivity contribution in [3.05, 3.63) is 53.6 Å². The number of aromatic carboxylic acids is 1. The fourth-order valence-electron chi connectivity index (χ4n) is 2.20. The Balaban J connectivity index is 0.00000312. The summed E-state index contributed by atoms with van der Waals surface area (Å²) >= 11 is 1.25. The van der Waals surface area contributed by atoms with E-state index in [1.165, 1.54) is 17.8 Å². The van der Waals surface area contributed by atoms with Crippen LogP contribution in [0.25, 0.3) is 0 Å². The van der Waals surface area contributed by atoms with Gasteiger partial charge in [-0.3, -0.25) is 0 Å². The summed E-state index contributed by atoms with van der Waals surface area (Å²) in [5.74, 6) is -1.20. The molecule has 0 fully saturated rings. The minimum Gasteiger partial charge on any atom is -0.478 e. The van der Waals surface area contributed by atoms with Crippen LogP contribution in [-0.2, 0) is 16.4 Å². The van der Waals surface area contributed by atoms with E-state index >= 15 is 0 Å². The van der Waals surface area contributed by atoms with Gasteiger partial charge in [0.15, 0.2) is 0 Å². The number of carboxylic acid groups (broad SMARTS) is 1. The van der Waals surface area contributed by atoms with Crippen LogP contribution in [0.1, 0.15) is 22.3 Å². The first-order chi connectivity index (χ1) is 11.3. The molecule has 0 aromatic heterocycles. The predicted octanol–water partition coefficient (Wildman–Crippen LogP) is 2.50. The van der Waals surface area contributed by atoms with E-state index in [9.17, 15) is 18.3 Å². The molecule has 0 spiro atoms. The van der Waals surface area contributed by atoms with Crippen molar-refractivity contribution in [3.63, 3.8) is 0 Å². The standard InChI is InChI=1S/C16H18N2O4S2.ClH/c17-8-4-5-11-9-12(16(19)20)10-14(24(18,21)22)15(11)23-13-6-2-1-3-7-13;/h1-3,6-7,9-10H,4-5,8,17H2,(H,19,20)(H2,18,21,22);1H. The van der Waals surface area contributed by atoms with E-state index in [0.717, 1.165) is 11.0 Å². The average molecular weight is 403 g/mol. The lowest BCUT2D eigenvalue weighted by atomic mass is 10.1. The van der Waals surface area contributed by atoms with Crippen LogP contribution in [-0.4, -0.2) is 26.0 Å². The number of nitrogens with two attached hydrogens (primary N) is 2. The van der Waals surface area contributed by atoms with Gasteiger partial charge in [-0.15, -0.1) is 12.4 Å². The molecule has 25 heavy (non-hydrogen) atoms. The van der Waals surface area contributed by atoms with Crippen LogP contribution in [0.3, 0.4) is 0 Å². The van der Waals surface area contributed by atoms with Gasteiger partial charge < -0.3 is 10.8 Å². The number of primary sulfonamides is 1. The number of sulfonamides is 1. The van der Waals surface area contributed by atoms with Crippen molar-refractivity contribution in [2.75, 3.05) is 6.54 Å². The van der Waals surface area contributed by atoms with Gasteiger partial charge >= 0.3 is 5.97 Å². The quantitative estimate of drug-likeness (QED) is 0.653. The molecule has 0 aliphatic carbocycles. The molecule has 0 amide bonds. The Labute approximate surface area is 157 Å². The fraction of sp³-hybridized carbons (Fsp3) is 0.188. The van der Waals surface area contributed by atoms with Crippen molar-refractivity contribution in [3.8, 4) is 0 Å². The summed E-state index contributed by atoms with van der Waals surface area (Å²) in [6.07, 6.45) is 1.07. The van der Waals surface area contributed by atoms with E-state index in [2.05, 4.69) is 0 Å². The van der Waals surface area contributed by atoms with Crippen LogP contribution in [0.5, 0.6) is 0 Å². The number of rotatable bonds is 7. The number of hydrogen-bond donors (Lipinski definition) is 3. The molecule has 2 aromatic rings. The number of carboxylic acids is 1. The molecule has 2 aromatic carbocycles. The van der Waals surface area contributed by atoms with Crippen molar-refractivity contribution in [2.24, 2.45) is 10.9 Å². The van der Waals surface area contributed by atoms with Crippen LogP contribution in [0.4, 0.5) is 0 Å². The van der Waals surface area contributed by atoms with Gasteiger partial charge in [0, 0.05) is 9.79 Å². The molecule has 0 aliphatic heterocycles. The number of halogens is 1. The smallest absolute Gasteiger partial charge is 0.335 e. The minimum atomic E-state index is -4.07. The lowest BCUT2D eigenvalue weighted by Crippen LogP contribution is -2.16. The number of benzene rings is 2. The molecule has 5 N–H and O–H groups in total. The third-order valence-corrected chi connectivity index (χ3v) is 5.56. The zero-order valence-electron chi connectivity index (χ0n) is 13.2. The van der Waals surface area contributed by atoms with Gasteiger partial charge in [-0.05, 0) is 49.2 Å². The summed E-state index contributed by atoms with van der Waals surface area (Å²) < 4.78 is 24.0. The molecule has 0 atom stereocenters. The maximum absolute atomic E-state index is 12.0. The van der Waals surface area contributed by atoms with E-state index < -0.39 is 16.0 Å². The van der Waals surface area contributed by atoms with Crippen LogP contribution < -0.4 is 10.9 Å². The largest absolute Gasteiger partial charge is 0.478 e. The number of hydrogen-bond acceptors (Lipinski definition) is 5. The highest BCUT2D eigenvalue weighted by Crippen LogP contribution is 2.36. The van der Waals surface area contributed by atoms with Crippen LogP contribution >= 0.6 is 24.2 Å². The summed E-state index contributed by atoms with van der Waals surface area (Å²) in [6.45, 7) is 0.414. The van der Waals surface area contributed by atoms with Crippen molar-refractivity contribution in [2.45, 2.75) is 27.5 Å². The van der Waals surface area contributed by atoms with Crippen molar-refractivity contribution < 1.29 is 18.3 Å². The maximum atomic E-state index is 12.0. The highest BCUT2D eigenvalue weighted by atomic mass is 35.5. The van der Waals surface area contributed by atoms with Crippen LogP contribution in [0.15, 0.2) is 57.2 Å². The monoisotopic (exact) mass is 402 g/mol. The topological polar surface area (TPSA) is 123 Å². The van der Waals surface area contributed by atoms with E-state index in [0.29, 0.717) is 29.8 Å². The Kier molecular flexibility index (Phi) is 7.91. The molecule has 0 heterocycles. The first-order valence-electron chi connectivity index (χ1n) is 7.19. The highest BCUT2D eigenvalue weighted by Gasteiger charge is 2.22. The SMILES string of the molecule is Cl.NCCCc1cc(C(=O)O)cc(S(N)(=O)=O)c1Sc1ccccc1. The summed E-state index contributed by atoms with van der Waals surface area (Å²) in [5, 5.41) is 14.6. The molecular weight excluding hydrogens is 384 g/mol. The Bertz CT molecular complexity index is 843. The Hall–Kier alpha value is -1.58. The molecule has 9 heteroatoms. The summed E-state index contributed by atoms with van der Waals surface area (Å²) in [4.78, 5) is 12.4. The van der Waals surface area contributed by atoms with Gasteiger partial charge in [-0.1, -0.05) is 30.0 Å². The zero-order chi connectivity index (χ0) is 17.7. The van der Waals surface area contributed by atoms with Gasteiger partial charge in [-0.25, -0.2) is 18.4 Å². The zero-order valence-corrected chi connectivity index (χ0v) is 15.7. The average Bonchev–Trinajstić information content (AvgIpc) is 2.53. The summed E-state index contributed by atoms with van der Waals surface area (Å²) in [5.41, 5.74) is 6.04. The predicted molar refractivity (Wildman–Crippen MR) is 100.0 cm³/mol. The second-order valence-corrected chi connectivity index (χ2v) is 7.73. The summed E-state index contributed by atoms with van der Waals surface area (Å²) in [6, 6.07) is 11.8. The number of aryl methyl sites for hydroxylation is 1. The van der Waals surface area contributed by atoms with Crippen molar-refractivity contribution in [1.82, 2.24) is 0 Å². The molecule has 136 valence electrons. The second kappa shape index (κ2) is 9.21. The van der Waals surface area contributed by atoms with E-state index in [1.807, 2.05) is 30.3 Å². The van der Waals surface area contributed by atoms with Gasteiger partial charge in [0.05, 0.1) is 10.5 Å². The molecule has 0 saturated heterocycles. The molecule has 0 saturated carbocycles. The normalized spacial score (nSPS) is 11.0. The molecule has 0 aliphatic rings. The maximum Gasteiger partial charge on any atom is 0.335 e. The fourth-order valence-corrected chi connectivity index (χ4v) is 4.33. The van der Waals surface area contributed by atoms with Gasteiger partial charge in [0.1, 0.15) is 0 Å². The molecule has 2 rings (SSSR count). The van der Waals surface area contributed by atoms with Gasteiger partial charge in [-0.2, -0.15) is 0 Å². The van der Waals surface area contributed by atoms with Crippen molar-refractivity contribution >= 4 is 40.2 Å². The van der Waals surface area contributed by atoms with E-state index in [1.54, 1.807) is 0 Å². The first kappa shape index (κ1) is 21.5. The molecule has 0 radical (unpaired) electrons. The molecule has 0 bridgehead atoms. The summed E-state index contributed by atoms with van der Waals surface area (Å²) in [7, 11) is -4.07. The Morgan fingerprint density at radius 3 is 2.32 bits per heavy atom. The van der Waals surface area contributed by atoms with Gasteiger partial charge in [0.2, 0.25) is 10.0 Å². The van der Waals surface area contributed by atoms with E-state index in [4.69, 9.17) is 10.9 Å². The highest BCUT2D eigenvalue weighted by molar-refractivity contribution is 8.00. The second-order valence-electron chi connectivity index (χ2n) is 5.12. The van der Waals surface area contributed by atoms with Crippen LogP contribution in [0, 0.1) is 0 Å². The number of carbonyl (C=O) groups is 1. The minimum absolute atomic E-state index is 0. The Morgan fingerprint density at radius 2 is 1.80 bits per heavy atom. The third kappa shape index (κ3) is 5.72. The Morgan fingerprint density at radius 1 is 1.16 bits per heavy atom. The van der Waals surface area contributed by atoms with Crippen LogP contribution in [0.2, 0.25) is 0 Å². The molecular formula is C16H19ClN2O4S2. The third-order valence-electron chi connectivity index (χ3n) is 3.30. The molecule has 0 unspecified atom stereocenters. The van der Waals surface area contributed by atoms with Crippen molar-refractivity contribution in [1.29, 1.82) is 0 Å². The first-order valence-corrected chi connectivity index (χ1v) is 9.55.